The first kappa shape index (κ1) is 11.7. The van der Waals surface area contributed by atoms with Gasteiger partial charge in [0.25, 0.3) is 0 Å². The lowest BCUT2D eigenvalue weighted by Gasteiger charge is -2.18. The van der Waals surface area contributed by atoms with Crippen LogP contribution in [0, 0.1) is 17.8 Å². The van der Waals surface area contributed by atoms with Gasteiger partial charge in [0.15, 0.2) is 0 Å². The van der Waals surface area contributed by atoms with Gasteiger partial charge >= 0.3 is 0 Å². The van der Waals surface area contributed by atoms with Crippen LogP contribution in [0.4, 0.5) is 0 Å². The van der Waals surface area contributed by atoms with E-state index in [2.05, 4.69) is 39.6 Å². The zero-order valence-electron chi connectivity index (χ0n) is 10.4. The first-order chi connectivity index (χ1) is 8.11. The Kier molecular flexibility index (Phi) is 2.82. The Hall–Kier alpha value is -0.350. The molecule has 2 saturated carbocycles. The van der Waals surface area contributed by atoms with Gasteiger partial charge in [-0.3, -0.25) is 4.68 Å². The number of fused-ring (bicyclic) bond motifs is 1. The van der Waals surface area contributed by atoms with Gasteiger partial charge in [-0.25, -0.2) is 0 Å². The van der Waals surface area contributed by atoms with E-state index in [1.54, 1.807) is 0 Å². The number of nitrogens with zero attached hydrogens (tertiary/aromatic N) is 2. The molecule has 2 N–H and O–H groups in total. The molecule has 1 heterocycles. The van der Waals surface area contributed by atoms with Crippen molar-refractivity contribution in [2.75, 3.05) is 0 Å². The van der Waals surface area contributed by atoms with Crippen molar-refractivity contribution in [3.8, 4) is 0 Å². The molecule has 2 aliphatic carbocycles. The van der Waals surface area contributed by atoms with Gasteiger partial charge in [-0.1, -0.05) is 6.42 Å². The summed E-state index contributed by atoms with van der Waals surface area (Å²) in [7, 11) is 0. The third-order valence-electron chi connectivity index (χ3n) is 4.48. The molecule has 0 aliphatic heterocycles. The zero-order chi connectivity index (χ0) is 12.2. The van der Waals surface area contributed by atoms with Gasteiger partial charge < -0.3 is 5.73 Å². The minimum absolute atomic E-state index is 0.157. The highest BCUT2D eigenvalue weighted by Crippen LogP contribution is 2.62. The van der Waals surface area contributed by atoms with Crippen molar-refractivity contribution < 1.29 is 0 Å². The Labute approximate surface area is 111 Å². The monoisotopic (exact) mass is 297 g/mol. The Bertz CT molecular complexity index is 416. The predicted molar refractivity (Wildman–Crippen MR) is 71.6 cm³/mol. The summed E-state index contributed by atoms with van der Waals surface area (Å²) in [5.74, 6) is 2.49. The molecule has 94 valence electrons. The van der Waals surface area contributed by atoms with Gasteiger partial charge in [0, 0.05) is 6.04 Å². The number of aromatic nitrogens is 2. The first-order valence-corrected chi connectivity index (χ1v) is 7.39. The summed E-state index contributed by atoms with van der Waals surface area (Å²) in [4.78, 5) is 0. The lowest BCUT2D eigenvalue weighted by molar-refractivity contribution is 0.435. The van der Waals surface area contributed by atoms with Crippen molar-refractivity contribution in [1.29, 1.82) is 0 Å². The third-order valence-corrected chi connectivity index (χ3v) is 5.09. The molecule has 3 rings (SSSR count). The highest BCUT2D eigenvalue weighted by molar-refractivity contribution is 9.10. The summed E-state index contributed by atoms with van der Waals surface area (Å²) in [5, 5.41) is 4.43. The molecular formula is C13H20BrN3. The summed E-state index contributed by atoms with van der Waals surface area (Å²) in [6.45, 7) is 4.31. The number of nitrogens with two attached hydrogens (primary N) is 1. The van der Waals surface area contributed by atoms with Crippen LogP contribution < -0.4 is 5.73 Å². The van der Waals surface area contributed by atoms with Crippen molar-refractivity contribution in [2.24, 2.45) is 23.5 Å². The molecule has 0 bridgehead atoms. The molecular weight excluding hydrogens is 278 g/mol. The maximum Gasteiger partial charge on any atom is 0.0699 e. The van der Waals surface area contributed by atoms with E-state index >= 15 is 0 Å². The van der Waals surface area contributed by atoms with E-state index in [1.807, 2.05) is 6.20 Å². The van der Waals surface area contributed by atoms with E-state index in [9.17, 15) is 0 Å². The average Bonchev–Trinajstić information content (AvgIpc) is 2.65. The molecule has 3 nitrogen and oxygen atoms in total. The number of rotatable bonds is 3. The van der Waals surface area contributed by atoms with Gasteiger partial charge in [0.2, 0.25) is 0 Å². The first-order valence-electron chi connectivity index (χ1n) is 6.59. The minimum atomic E-state index is 0.157. The predicted octanol–water partition coefficient (Wildman–Crippen LogP) is 3.27. The lowest BCUT2D eigenvalue weighted by atomic mass is 10.0. The van der Waals surface area contributed by atoms with Gasteiger partial charge in [-0.2, -0.15) is 5.10 Å². The highest BCUT2D eigenvalue weighted by Gasteiger charge is 2.56. The highest BCUT2D eigenvalue weighted by atomic mass is 79.9. The van der Waals surface area contributed by atoms with E-state index in [-0.39, 0.29) is 6.04 Å². The number of halogens is 1. The Morgan fingerprint density at radius 2 is 2.06 bits per heavy atom. The molecule has 2 aliphatic rings. The van der Waals surface area contributed by atoms with Crippen LogP contribution in [0.15, 0.2) is 10.7 Å². The maximum atomic E-state index is 6.48. The molecule has 17 heavy (non-hydrogen) atoms. The van der Waals surface area contributed by atoms with E-state index in [1.165, 1.54) is 25.0 Å². The Morgan fingerprint density at radius 1 is 1.41 bits per heavy atom. The summed E-state index contributed by atoms with van der Waals surface area (Å²) in [5.41, 5.74) is 7.68. The second-order valence-corrected chi connectivity index (χ2v) is 6.63. The van der Waals surface area contributed by atoms with Crippen LogP contribution >= 0.6 is 15.9 Å². The fraction of sp³-hybridized carbons (Fsp3) is 0.769. The fourth-order valence-corrected chi connectivity index (χ4v) is 4.20. The summed E-state index contributed by atoms with van der Waals surface area (Å²) >= 11 is 3.60. The normalized spacial score (nSPS) is 32.9. The molecule has 0 amide bonds. The van der Waals surface area contributed by atoms with Crippen molar-refractivity contribution in [3.05, 3.63) is 16.4 Å². The van der Waals surface area contributed by atoms with Crippen molar-refractivity contribution in [2.45, 2.75) is 45.2 Å². The van der Waals surface area contributed by atoms with E-state index in [0.29, 0.717) is 12.0 Å². The SMILES string of the molecule is CC(C)n1ncc(Br)c1C(N)C1C2CCCC21. The van der Waals surface area contributed by atoms with Crippen molar-refractivity contribution >= 4 is 15.9 Å². The Morgan fingerprint density at radius 3 is 2.65 bits per heavy atom. The largest absolute Gasteiger partial charge is 0.322 e. The van der Waals surface area contributed by atoms with E-state index in [4.69, 9.17) is 5.73 Å². The minimum Gasteiger partial charge on any atom is -0.322 e. The molecule has 0 radical (unpaired) electrons. The lowest BCUT2D eigenvalue weighted by Crippen LogP contribution is -2.21. The molecule has 0 saturated heterocycles. The van der Waals surface area contributed by atoms with Crippen LogP contribution in [0.1, 0.15) is 50.9 Å². The van der Waals surface area contributed by atoms with Crippen LogP contribution in [-0.4, -0.2) is 9.78 Å². The number of hydrogen-bond donors (Lipinski definition) is 1. The Balaban J connectivity index is 1.86. The second-order valence-electron chi connectivity index (χ2n) is 5.78. The average molecular weight is 298 g/mol. The molecule has 3 unspecified atom stereocenters. The molecule has 0 spiro atoms. The van der Waals surface area contributed by atoms with Crippen LogP contribution in [0.3, 0.4) is 0 Å². The van der Waals surface area contributed by atoms with Gasteiger partial charge in [0.1, 0.15) is 0 Å². The molecule has 0 aromatic carbocycles. The summed E-state index contributed by atoms with van der Waals surface area (Å²) < 4.78 is 3.15. The summed E-state index contributed by atoms with van der Waals surface area (Å²) in [6.07, 6.45) is 6.06. The van der Waals surface area contributed by atoms with E-state index in [0.717, 1.165) is 16.3 Å². The van der Waals surface area contributed by atoms with Gasteiger partial charge in [0.05, 0.1) is 22.4 Å². The van der Waals surface area contributed by atoms with Crippen LogP contribution in [0.5, 0.6) is 0 Å². The zero-order valence-corrected chi connectivity index (χ0v) is 12.0. The van der Waals surface area contributed by atoms with Crippen LogP contribution in [0.2, 0.25) is 0 Å². The summed E-state index contributed by atoms with van der Waals surface area (Å²) in [6, 6.07) is 0.533. The quantitative estimate of drug-likeness (QED) is 0.930. The third kappa shape index (κ3) is 1.76. The molecule has 4 heteroatoms. The van der Waals surface area contributed by atoms with Crippen molar-refractivity contribution in [1.82, 2.24) is 9.78 Å². The maximum absolute atomic E-state index is 6.48. The van der Waals surface area contributed by atoms with E-state index < -0.39 is 0 Å². The van der Waals surface area contributed by atoms with Crippen LogP contribution in [0.25, 0.3) is 0 Å². The second kappa shape index (κ2) is 4.09. The smallest absolute Gasteiger partial charge is 0.0699 e. The molecule has 1 aromatic rings. The van der Waals surface area contributed by atoms with Gasteiger partial charge in [-0.15, -0.1) is 0 Å². The van der Waals surface area contributed by atoms with Gasteiger partial charge in [-0.05, 0) is 60.4 Å². The van der Waals surface area contributed by atoms with Crippen LogP contribution in [-0.2, 0) is 0 Å². The van der Waals surface area contributed by atoms with Crippen molar-refractivity contribution in [3.63, 3.8) is 0 Å². The topological polar surface area (TPSA) is 43.8 Å². The standard InChI is InChI=1S/C13H20BrN3/c1-7(2)17-13(10(14)6-16-17)12(15)11-8-4-3-5-9(8)11/h6-9,11-12H,3-5,15H2,1-2H3. The molecule has 1 aromatic heterocycles. The molecule has 3 atom stereocenters. The molecule has 2 fully saturated rings. The fourth-order valence-electron chi connectivity index (χ4n) is 3.67. The number of hydrogen-bond acceptors (Lipinski definition) is 2.